The Morgan fingerprint density at radius 2 is 2.05 bits per heavy atom. The van der Waals surface area contributed by atoms with Crippen LogP contribution in [0, 0.1) is 0 Å². The first kappa shape index (κ1) is 14.4. The van der Waals surface area contributed by atoms with Crippen molar-refractivity contribution in [3.63, 3.8) is 0 Å². The SMILES string of the molecule is CNc1ccc(Cl)cc1/C(C)=N\n1c(=O)oc2ccccc21. The smallest absolute Gasteiger partial charge is 0.406 e. The summed E-state index contributed by atoms with van der Waals surface area (Å²) in [6.45, 7) is 1.82. The highest BCUT2D eigenvalue weighted by Crippen LogP contribution is 2.21. The van der Waals surface area contributed by atoms with E-state index in [0.29, 0.717) is 21.8 Å². The number of benzene rings is 2. The fourth-order valence-corrected chi connectivity index (χ4v) is 2.46. The fraction of sp³-hybridized carbons (Fsp3) is 0.125. The summed E-state index contributed by atoms with van der Waals surface area (Å²) < 4.78 is 6.43. The number of oxazole rings is 1. The van der Waals surface area contributed by atoms with Crippen molar-refractivity contribution in [3.8, 4) is 0 Å². The van der Waals surface area contributed by atoms with Crippen molar-refractivity contribution in [1.82, 2.24) is 4.68 Å². The molecule has 3 aromatic rings. The lowest BCUT2D eigenvalue weighted by atomic mass is 10.1. The van der Waals surface area contributed by atoms with Crippen molar-refractivity contribution in [1.29, 1.82) is 0 Å². The van der Waals surface area contributed by atoms with E-state index < -0.39 is 5.76 Å². The summed E-state index contributed by atoms with van der Waals surface area (Å²) >= 11 is 6.06. The molecule has 5 nitrogen and oxygen atoms in total. The molecule has 0 spiro atoms. The molecule has 0 fully saturated rings. The van der Waals surface area contributed by atoms with E-state index in [1.54, 1.807) is 24.3 Å². The van der Waals surface area contributed by atoms with Crippen molar-refractivity contribution >= 4 is 34.1 Å². The van der Waals surface area contributed by atoms with Gasteiger partial charge in [0.25, 0.3) is 0 Å². The Kier molecular flexibility index (Phi) is 3.73. The number of aromatic nitrogens is 1. The Bertz CT molecular complexity index is 925. The van der Waals surface area contributed by atoms with Gasteiger partial charge in [0.2, 0.25) is 0 Å². The number of fused-ring (bicyclic) bond motifs is 1. The summed E-state index contributed by atoms with van der Waals surface area (Å²) in [6, 6.07) is 12.6. The number of halogens is 1. The maximum absolute atomic E-state index is 12.0. The first-order valence-corrected chi connectivity index (χ1v) is 7.12. The van der Waals surface area contributed by atoms with Crippen LogP contribution >= 0.6 is 11.6 Å². The standard InChI is InChI=1S/C16H14ClN3O2/c1-10(12-9-11(17)7-8-13(12)18-2)19-20-14-5-3-4-6-15(14)22-16(20)21/h3-9,18H,1-2H3/b19-10-. The predicted octanol–water partition coefficient (Wildman–Crippen LogP) is 3.56. The van der Waals surface area contributed by atoms with Crippen LogP contribution in [-0.2, 0) is 0 Å². The van der Waals surface area contributed by atoms with E-state index in [0.717, 1.165) is 11.3 Å². The van der Waals surface area contributed by atoms with E-state index in [4.69, 9.17) is 16.0 Å². The van der Waals surface area contributed by atoms with Gasteiger partial charge in [0.15, 0.2) is 5.58 Å². The van der Waals surface area contributed by atoms with E-state index in [1.165, 1.54) is 4.68 Å². The number of hydrogen-bond acceptors (Lipinski definition) is 4. The fourth-order valence-electron chi connectivity index (χ4n) is 2.29. The zero-order valence-electron chi connectivity index (χ0n) is 12.1. The van der Waals surface area contributed by atoms with Crippen LogP contribution in [0.4, 0.5) is 5.69 Å². The van der Waals surface area contributed by atoms with Gasteiger partial charge in [-0.25, -0.2) is 4.79 Å². The highest BCUT2D eigenvalue weighted by Gasteiger charge is 2.10. The van der Waals surface area contributed by atoms with E-state index in [1.807, 2.05) is 32.2 Å². The first-order valence-electron chi connectivity index (χ1n) is 6.74. The summed E-state index contributed by atoms with van der Waals surface area (Å²) in [6.07, 6.45) is 0. The topological polar surface area (TPSA) is 59.5 Å². The van der Waals surface area contributed by atoms with Crippen LogP contribution in [0.2, 0.25) is 5.02 Å². The van der Waals surface area contributed by atoms with E-state index in [2.05, 4.69) is 10.4 Å². The lowest BCUT2D eigenvalue weighted by molar-refractivity contribution is 0.525. The van der Waals surface area contributed by atoms with Crippen LogP contribution in [0.3, 0.4) is 0 Å². The zero-order chi connectivity index (χ0) is 15.7. The highest BCUT2D eigenvalue weighted by atomic mass is 35.5. The lowest BCUT2D eigenvalue weighted by Gasteiger charge is -2.09. The van der Waals surface area contributed by atoms with Gasteiger partial charge in [-0.05, 0) is 37.3 Å². The number of para-hydroxylation sites is 2. The monoisotopic (exact) mass is 315 g/mol. The van der Waals surface area contributed by atoms with Crippen LogP contribution in [-0.4, -0.2) is 17.4 Å². The number of nitrogens with one attached hydrogen (secondary N) is 1. The minimum absolute atomic E-state index is 0.504. The molecule has 22 heavy (non-hydrogen) atoms. The maximum Gasteiger partial charge on any atom is 0.440 e. The summed E-state index contributed by atoms with van der Waals surface area (Å²) in [5, 5.41) is 8.08. The Morgan fingerprint density at radius 1 is 1.27 bits per heavy atom. The average Bonchev–Trinajstić information content (AvgIpc) is 2.83. The van der Waals surface area contributed by atoms with Gasteiger partial charge in [0, 0.05) is 23.3 Å². The quantitative estimate of drug-likeness (QED) is 0.752. The maximum atomic E-state index is 12.0. The van der Waals surface area contributed by atoms with Crippen LogP contribution in [0.25, 0.3) is 11.1 Å². The van der Waals surface area contributed by atoms with Gasteiger partial charge in [-0.2, -0.15) is 9.78 Å². The van der Waals surface area contributed by atoms with Gasteiger partial charge in [0.1, 0.15) is 5.52 Å². The van der Waals surface area contributed by atoms with Gasteiger partial charge in [-0.1, -0.05) is 23.7 Å². The molecule has 6 heteroatoms. The zero-order valence-corrected chi connectivity index (χ0v) is 12.9. The van der Waals surface area contributed by atoms with E-state index in [-0.39, 0.29) is 0 Å². The second-order valence-electron chi connectivity index (χ2n) is 4.77. The molecule has 0 aliphatic rings. The summed E-state index contributed by atoms with van der Waals surface area (Å²) in [5.41, 5.74) is 3.49. The Labute approximate surface area is 131 Å². The third kappa shape index (κ3) is 2.51. The molecule has 3 rings (SSSR count). The van der Waals surface area contributed by atoms with Gasteiger partial charge >= 0.3 is 5.76 Å². The Morgan fingerprint density at radius 3 is 2.82 bits per heavy atom. The Balaban J connectivity index is 2.17. The minimum atomic E-state index is -0.520. The third-order valence-electron chi connectivity index (χ3n) is 3.35. The molecule has 0 amide bonds. The van der Waals surface area contributed by atoms with Crippen molar-refractivity contribution in [2.75, 3.05) is 12.4 Å². The second kappa shape index (κ2) is 5.69. The summed E-state index contributed by atoms with van der Waals surface area (Å²) in [7, 11) is 1.82. The lowest BCUT2D eigenvalue weighted by Crippen LogP contribution is -2.12. The Hall–Kier alpha value is -2.53. The van der Waals surface area contributed by atoms with Crippen LogP contribution in [0.5, 0.6) is 0 Å². The molecule has 1 heterocycles. The molecule has 112 valence electrons. The molecular formula is C16H14ClN3O2. The van der Waals surface area contributed by atoms with Gasteiger partial charge < -0.3 is 9.73 Å². The molecule has 1 aromatic heterocycles. The second-order valence-corrected chi connectivity index (χ2v) is 5.21. The molecule has 0 atom stereocenters. The molecule has 0 unspecified atom stereocenters. The van der Waals surface area contributed by atoms with Crippen molar-refractivity contribution in [2.45, 2.75) is 6.92 Å². The molecule has 0 bridgehead atoms. The molecule has 0 saturated carbocycles. The molecule has 2 aromatic carbocycles. The molecular weight excluding hydrogens is 302 g/mol. The summed E-state index contributed by atoms with van der Waals surface area (Å²) in [4.78, 5) is 12.0. The molecule has 0 aliphatic carbocycles. The van der Waals surface area contributed by atoms with Crippen molar-refractivity contribution in [3.05, 3.63) is 63.6 Å². The number of anilines is 1. The summed E-state index contributed by atoms with van der Waals surface area (Å²) in [5.74, 6) is -0.520. The molecule has 1 N–H and O–H groups in total. The van der Waals surface area contributed by atoms with Gasteiger partial charge in [-0.3, -0.25) is 0 Å². The highest BCUT2D eigenvalue weighted by molar-refractivity contribution is 6.31. The van der Waals surface area contributed by atoms with Gasteiger partial charge in [-0.15, -0.1) is 0 Å². The minimum Gasteiger partial charge on any atom is -0.406 e. The predicted molar refractivity (Wildman–Crippen MR) is 89.1 cm³/mol. The van der Waals surface area contributed by atoms with Crippen LogP contribution in [0.1, 0.15) is 12.5 Å². The van der Waals surface area contributed by atoms with E-state index >= 15 is 0 Å². The molecule has 0 aliphatic heterocycles. The molecule has 0 saturated heterocycles. The normalized spacial score (nSPS) is 11.9. The largest absolute Gasteiger partial charge is 0.440 e. The van der Waals surface area contributed by atoms with Crippen LogP contribution in [0.15, 0.2) is 56.8 Å². The number of nitrogens with zero attached hydrogens (tertiary/aromatic N) is 2. The van der Waals surface area contributed by atoms with Crippen LogP contribution < -0.4 is 11.1 Å². The van der Waals surface area contributed by atoms with Gasteiger partial charge in [0.05, 0.1) is 5.71 Å². The molecule has 0 radical (unpaired) electrons. The third-order valence-corrected chi connectivity index (χ3v) is 3.59. The van der Waals surface area contributed by atoms with Crippen molar-refractivity contribution in [2.24, 2.45) is 5.10 Å². The number of hydrogen-bond donors (Lipinski definition) is 1. The first-order chi connectivity index (χ1) is 10.6. The number of rotatable bonds is 3. The average molecular weight is 316 g/mol. The van der Waals surface area contributed by atoms with Crippen molar-refractivity contribution < 1.29 is 4.42 Å². The van der Waals surface area contributed by atoms with E-state index in [9.17, 15) is 4.79 Å².